The van der Waals surface area contributed by atoms with E-state index in [0.29, 0.717) is 0 Å². The van der Waals surface area contributed by atoms with Crippen molar-refractivity contribution in [2.24, 2.45) is 0 Å². The molecule has 1 atom stereocenters. The van der Waals surface area contributed by atoms with Crippen molar-refractivity contribution in [3.05, 3.63) is 11.9 Å². The molecule has 1 aromatic rings. The van der Waals surface area contributed by atoms with Gasteiger partial charge in [0, 0.05) is 20.3 Å². The lowest BCUT2D eigenvalue weighted by Crippen LogP contribution is -2.24. The molecule has 18 heavy (non-hydrogen) atoms. The Morgan fingerprint density at radius 3 is 2.72 bits per heavy atom. The lowest BCUT2D eigenvalue weighted by molar-refractivity contribution is 0.188. The summed E-state index contributed by atoms with van der Waals surface area (Å²) in [5, 5.41) is 7.85. The third-order valence-electron chi connectivity index (χ3n) is 2.99. The molecule has 5 nitrogen and oxygen atoms in total. The van der Waals surface area contributed by atoms with Crippen LogP contribution in [0.25, 0.3) is 0 Å². The highest BCUT2D eigenvalue weighted by Gasteiger charge is 2.20. The monoisotopic (exact) mass is 255 g/mol. The Hall–Kier alpha value is -1.07. The van der Waals surface area contributed by atoms with Crippen LogP contribution in [0, 0.1) is 0 Å². The van der Waals surface area contributed by atoms with Crippen molar-refractivity contribution in [2.45, 2.75) is 39.3 Å². The highest BCUT2D eigenvalue weighted by atomic mass is 16.5. The summed E-state index contributed by atoms with van der Waals surface area (Å²) in [6, 6.07) is 0.266. The van der Waals surface area contributed by atoms with E-state index in [4.69, 9.17) is 9.47 Å². The van der Waals surface area contributed by atoms with Gasteiger partial charge in [-0.05, 0) is 26.3 Å². The molecule has 104 valence electrons. The van der Waals surface area contributed by atoms with Gasteiger partial charge in [0.2, 0.25) is 0 Å². The summed E-state index contributed by atoms with van der Waals surface area (Å²) >= 11 is 0. The molecule has 1 heterocycles. The van der Waals surface area contributed by atoms with Crippen molar-refractivity contribution >= 4 is 0 Å². The standard InChI is InChI=1S/C13H25N3O2/c1-5-14-11(8-7-9-17-3)13-12(18-4)10-15-16(13)6-2/h10-11,14H,5-9H2,1-4H3. The maximum Gasteiger partial charge on any atom is 0.161 e. The first-order valence-corrected chi connectivity index (χ1v) is 6.60. The smallest absolute Gasteiger partial charge is 0.161 e. The Bertz CT molecular complexity index is 317. The number of rotatable bonds is 9. The summed E-state index contributed by atoms with van der Waals surface area (Å²) in [7, 11) is 3.43. The molecule has 0 saturated carbocycles. The molecule has 0 radical (unpaired) electrons. The Labute approximate surface area is 109 Å². The molecule has 1 aromatic heterocycles. The van der Waals surface area contributed by atoms with Gasteiger partial charge in [-0.1, -0.05) is 6.92 Å². The lowest BCUT2D eigenvalue weighted by atomic mass is 10.1. The number of aryl methyl sites for hydroxylation is 1. The first-order chi connectivity index (χ1) is 8.78. The van der Waals surface area contributed by atoms with E-state index in [1.54, 1.807) is 20.4 Å². The number of aromatic nitrogens is 2. The molecule has 1 N–H and O–H groups in total. The van der Waals surface area contributed by atoms with Crippen molar-refractivity contribution in [3.8, 4) is 5.75 Å². The van der Waals surface area contributed by atoms with Crippen molar-refractivity contribution in [2.75, 3.05) is 27.4 Å². The first-order valence-electron chi connectivity index (χ1n) is 6.60. The lowest BCUT2D eigenvalue weighted by Gasteiger charge is -2.20. The SMILES string of the molecule is CCNC(CCCOC)c1c(OC)cnn1CC. The van der Waals surface area contributed by atoms with E-state index in [2.05, 4.69) is 24.3 Å². The van der Waals surface area contributed by atoms with E-state index in [1.165, 1.54) is 0 Å². The van der Waals surface area contributed by atoms with Crippen LogP contribution in [0.5, 0.6) is 5.75 Å². The van der Waals surface area contributed by atoms with E-state index in [9.17, 15) is 0 Å². The van der Waals surface area contributed by atoms with Gasteiger partial charge in [-0.3, -0.25) is 4.68 Å². The van der Waals surface area contributed by atoms with Crippen LogP contribution in [-0.4, -0.2) is 37.2 Å². The minimum atomic E-state index is 0.266. The van der Waals surface area contributed by atoms with Crippen molar-refractivity contribution < 1.29 is 9.47 Å². The molecule has 0 aliphatic heterocycles. The summed E-state index contributed by atoms with van der Waals surface area (Å²) in [5.41, 5.74) is 1.14. The van der Waals surface area contributed by atoms with Crippen LogP contribution in [0.3, 0.4) is 0 Å². The second-order valence-electron chi connectivity index (χ2n) is 4.16. The molecule has 0 aliphatic rings. The summed E-state index contributed by atoms with van der Waals surface area (Å²) < 4.78 is 12.5. The van der Waals surface area contributed by atoms with Gasteiger partial charge in [0.15, 0.2) is 5.75 Å². The van der Waals surface area contributed by atoms with Crippen LogP contribution in [0.4, 0.5) is 0 Å². The molecular weight excluding hydrogens is 230 g/mol. The zero-order chi connectivity index (χ0) is 13.4. The van der Waals surface area contributed by atoms with Gasteiger partial charge in [0.05, 0.1) is 25.0 Å². The fourth-order valence-corrected chi connectivity index (χ4v) is 2.15. The van der Waals surface area contributed by atoms with Gasteiger partial charge < -0.3 is 14.8 Å². The predicted molar refractivity (Wildman–Crippen MR) is 72.0 cm³/mol. The van der Waals surface area contributed by atoms with E-state index >= 15 is 0 Å². The minimum absolute atomic E-state index is 0.266. The van der Waals surface area contributed by atoms with Crippen molar-refractivity contribution in [3.63, 3.8) is 0 Å². The number of ether oxygens (including phenoxy) is 2. The van der Waals surface area contributed by atoms with Crippen LogP contribution < -0.4 is 10.1 Å². The van der Waals surface area contributed by atoms with E-state index < -0.39 is 0 Å². The normalized spacial score (nSPS) is 12.7. The second kappa shape index (κ2) is 8.11. The summed E-state index contributed by atoms with van der Waals surface area (Å²) in [4.78, 5) is 0. The van der Waals surface area contributed by atoms with Crippen molar-refractivity contribution in [1.82, 2.24) is 15.1 Å². The van der Waals surface area contributed by atoms with Gasteiger partial charge in [-0.2, -0.15) is 5.10 Å². The fraction of sp³-hybridized carbons (Fsp3) is 0.769. The fourth-order valence-electron chi connectivity index (χ4n) is 2.15. The zero-order valence-corrected chi connectivity index (χ0v) is 11.9. The summed E-state index contributed by atoms with van der Waals surface area (Å²) in [6.07, 6.45) is 3.83. The number of hydrogen-bond donors (Lipinski definition) is 1. The molecule has 0 aliphatic carbocycles. The van der Waals surface area contributed by atoms with Crippen molar-refractivity contribution in [1.29, 1.82) is 0 Å². The highest BCUT2D eigenvalue weighted by Crippen LogP contribution is 2.28. The van der Waals surface area contributed by atoms with Crippen LogP contribution in [0.2, 0.25) is 0 Å². The van der Waals surface area contributed by atoms with Gasteiger partial charge in [0.25, 0.3) is 0 Å². The van der Waals surface area contributed by atoms with Gasteiger partial charge in [0.1, 0.15) is 0 Å². The van der Waals surface area contributed by atoms with Crippen LogP contribution in [-0.2, 0) is 11.3 Å². The summed E-state index contributed by atoms with van der Waals surface area (Å²) in [5.74, 6) is 0.861. The third kappa shape index (κ3) is 3.71. The van der Waals surface area contributed by atoms with E-state index in [-0.39, 0.29) is 6.04 Å². The van der Waals surface area contributed by atoms with Gasteiger partial charge in [-0.15, -0.1) is 0 Å². The summed E-state index contributed by atoms with van der Waals surface area (Å²) in [6.45, 7) is 6.77. The highest BCUT2D eigenvalue weighted by molar-refractivity contribution is 5.28. The molecular formula is C13H25N3O2. The largest absolute Gasteiger partial charge is 0.493 e. The van der Waals surface area contributed by atoms with Crippen LogP contribution >= 0.6 is 0 Å². The topological polar surface area (TPSA) is 48.3 Å². The molecule has 0 amide bonds. The number of nitrogens with one attached hydrogen (secondary N) is 1. The molecule has 1 unspecified atom stereocenters. The van der Waals surface area contributed by atoms with E-state index in [0.717, 1.165) is 44.0 Å². The first kappa shape index (κ1) is 15.0. The predicted octanol–water partition coefficient (Wildman–Crippen LogP) is 1.99. The van der Waals surface area contributed by atoms with Crippen LogP contribution in [0.1, 0.15) is 38.4 Å². The van der Waals surface area contributed by atoms with Gasteiger partial charge in [-0.25, -0.2) is 0 Å². The zero-order valence-electron chi connectivity index (χ0n) is 11.9. The average molecular weight is 255 g/mol. The minimum Gasteiger partial charge on any atom is -0.493 e. The maximum atomic E-state index is 5.41. The molecule has 0 saturated heterocycles. The molecule has 0 aromatic carbocycles. The van der Waals surface area contributed by atoms with Crippen LogP contribution in [0.15, 0.2) is 6.20 Å². The molecule has 0 spiro atoms. The quantitative estimate of drug-likeness (QED) is 0.686. The third-order valence-corrected chi connectivity index (χ3v) is 2.99. The number of nitrogens with zero attached hydrogens (tertiary/aromatic N) is 2. The molecule has 5 heteroatoms. The Morgan fingerprint density at radius 2 is 2.17 bits per heavy atom. The number of hydrogen-bond acceptors (Lipinski definition) is 4. The Morgan fingerprint density at radius 1 is 1.39 bits per heavy atom. The Kier molecular flexibility index (Phi) is 6.75. The van der Waals surface area contributed by atoms with E-state index in [1.807, 2.05) is 4.68 Å². The van der Waals surface area contributed by atoms with Gasteiger partial charge >= 0.3 is 0 Å². The Balaban J connectivity index is 2.85. The molecule has 0 fully saturated rings. The second-order valence-corrected chi connectivity index (χ2v) is 4.16. The molecule has 0 bridgehead atoms. The molecule has 1 rings (SSSR count). The number of methoxy groups -OCH3 is 2. The average Bonchev–Trinajstić information content (AvgIpc) is 2.80. The maximum absolute atomic E-state index is 5.41.